The molecule has 3 aromatic rings. The quantitative estimate of drug-likeness (QED) is 0.463. The topological polar surface area (TPSA) is 104 Å². The van der Waals surface area contributed by atoms with Crippen molar-refractivity contribution in [3.8, 4) is 0 Å². The second-order valence-electron chi connectivity index (χ2n) is 10.2. The molecule has 2 aliphatic rings. The number of carbonyl (C=O) groups excluding carboxylic acids is 2. The van der Waals surface area contributed by atoms with Crippen LogP contribution in [0.1, 0.15) is 79.9 Å². The standard InChI is InChI=1S/C28H35N5O4S/c1-4-31(5-2)28(35)26-25-18-22(14-17-33(25)30-27(26)21-6-7-21)20-12-15-32(16-13-20)38(36,37)24-10-8-23(9-11-24)29-19(3)34/h8-11,14,17-18,20-21H,4-7,12-13,15-16H2,1-3H3,(H,29,34). The Hall–Kier alpha value is -3.24. The van der Waals surface area contributed by atoms with Crippen molar-refractivity contribution in [2.75, 3.05) is 31.5 Å². The molecule has 0 spiro atoms. The predicted molar refractivity (Wildman–Crippen MR) is 146 cm³/mol. The SMILES string of the molecule is CCN(CC)C(=O)c1c(C2CC2)nn2ccc(C3CCN(S(=O)(=O)c4ccc(NC(C)=O)cc4)CC3)cc12. The molecule has 2 aromatic heterocycles. The van der Waals surface area contributed by atoms with Crippen molar-refractivity contribution >= 4 is 33.0 Å². The molecule has 1 saturated carbocycles. The fourth-order valence-corrected chi connectivity index (χ4v) is 6.83. The molecule has 0 atom stereocenters. The highest BCUT2D eigenvalue weighted by molar-refractivity contribution is 7.89. The van der Waals surface area contributed by atoms with Crippen molar-refractivity contribution in [2.24, 2.45) is 0 Å². The van der Waals surface area contributed by atoms with E-state index >= 15 is 0 Å². The average molecular weight is 538 g/mol. The molecule has 1 N–H and O–H groups in total. The highest BCUT2D eigenvalue weighted by Gasteiger charge is 2.35. The Morgan fingerprint density at radius 2 is 1.66 bits per heavy atom. The second kappa shape index (κ2) is 10.5. The molecule has 1 aliphatic carbocycles. The summed E-state index contributed by atoms with van der Waals surface area (Å²) in [6.07, 6.45) is 5.47. The van der Waals surface area contributed by atoms with E-state index in [9.17, 15) is 18.0 Å². The van der Waals surface area contributed by atoms with E-state index in [1.165, 1.54) is 23.4 Å². The molecule has 0 radical (unpaired) electrons. The van der Waals surface area contributed by atoms with E-state index in [1.54, 1.807) is 12.1 Å². The van der Waals surface area contributed by atoms with Crippen molar-refractivity contribution in [3.63, 3.8) is 0 Å². The third-order valence-electron chi connectivity index (χ3n) is 7.65. The molecule has 2 fully saturated rings. The molecule has 202 valence electrons. The number of benzene rings is 1. The van der Waals surface area contributed by atoms with Crippen LogP contribution in [0.3, 0.4) is 0 Å². The van der Waals surface area contributed by atoms with Crippen molar-refractivity contribution in [2.45, 2.75) is 63.2 Å². The minimum absolute atomic E-state index is 0.0366. The number of aromatic nitrogens is 2. The number of rotatable bonds is 8. The lowest BCUT2D eigenvalue weighted by Gasteiger charge is -2.31. The van der Waals surface area contributed by atoms with Crippen LogP contribution in [0.25, 0.3) is 5.52 Å². The van der Waals surface area contributed by atoms with Gasteiger partial charge in [-0.25, -0.2) is 12.9 Å². The normalized spacial score (nSPS) is 17.0. The van der Waals surface area contributed by atoms with Crippen LogP contribution in [0.4, 0.5) is 5.69 Å². The lowest BCUT2D eigenvalue weighted by atomic mass is 9.90. The van der Waals surface area contributed by atoms with Gasteiger partial charge in [0.15, 0.2) is 0 Å². The number of pyridine rings is 1. The maximum Gasteiger partial charge on any atom is 0.257 e. The first-order chi connectivity index (χ1) is 18.2. The first kappa shape index (κ1) is 26.4. The van der Waals surface area contributed by atoms with Crippen molar-refractivity contribution in [3.05, 3.63) is 59.4 Å². The Kier molecular flexibility index (Phi) is 7.28. The van der Waals surface area contributed by atoms with Gasteiger partial charge in [-0.05, 0) is 87.4 Å². The Bertz CT molecular complexity index is 1450. The average Bonchev–Trinajstić information content (AvgIpc) is 3.69. The Balaban J connectivity index is 1.35. The third kappa shape index (κ3) is 5.07. The summed E-state index contributed by atoms with van der Waals surface area (Å²) in [4.78, 5) is 26.8. The summed E-state index contributed by atoms with van der Waals surface area (Å²) >= 11 is 0. The third-order valence-corrected chi connectivity index (χ3v) is 9.57. The number of carbonyl (C=O) groups is 2. The number of hydrogen-bond acceptors (Lipinski definition) is 5. The number of anilines is 1. The van der Waals surface area contributed by atoms with Crippen molar-refractivity contribution < 1.29 is 18.0 Å². The minimum Gasteiger partial charge on any atom is -0.339 e. The molecule has 2 amide bonds. The van der Waals surface area contributed by atoms with Gasteiger partial charge >= 0.3 is 0 Å². The summed E-state index contributed by atoms with van der Waals surface area (Å²) in [5, 5.41) is 7.45. The number of piperidine rings is 1. The van der Waals surface area contributed by atoms with E-state index in [-0.39, 0.29) is 22.6 Å². The number of hydrogen-bond donors (Lipinski definition) is 1. The number of nitrogens with zero attached hydrogens (tertiary/aromatic N) is 4. The molecule has 1 aromatic carbocycles. The molecule has 5 rings (SSSR count). The molecule has 3 heterocycles. The van der Waals surface area contributed by atoms with Gasteiger partial charge in [-0.2, -0.15) is 9.40 Å². The van der Waals surface area contributed by atoms with Gasteiger partial charge in [0.2, 0.25) is 15.9 Å². The van der Waals surface area contributed by atoms with E-state index in [0.717, 1.165) is 35.2 Å². The maximum atomic E-state index is 13.5. The van der Waals surface area contributed by atoms with Gasteiger partial charge in [-0.3, -0.25) is 9.59 Å². The maximum absolute atomic E-state index is 13.5. The van der Waals surface area contributed by atoms with Gasteiger partial charge in [0.1, 0.15) is 0 Å². The Morgan fingerprint density at radius 3 is 2.24 bits per heavy atom. The highest BCUT2D eigenvalue weighted by atomic mass is 32.2. The number of amides is 2. The van der Waals surface area contributed by atoms with Gasteiger partial charge in [0.25, 0.3) is 5.91 Å². The fraction of sp³-hybridized carbons (Fsp3) is 0.464. The Labute approximate surface area is 223 Å². The predicted octanol–water partition coefficient (Wildman–Crippen LogP) is 4.22. The molecule has 10 heteroatoms. The molecule has 1 saturated heterocycles. The zero-order valence-electron chi connectivity index (χ0n) is 22.2. The van der Waals surface area contributed by atoms with Gasteiger partial charge < -0.3 is 10.2 Å². The fourth-order valence-electron chi connectivity index (χ4n) is 5.36. The van der Waals surface area contributed by atoms with E-state index in [2.05, 4.69) is 17.4 Å². The van der Waals surface area contributed by atoms with Gasteiger partial charge in [0, 0.05) is 50.9 Å². The van der Waals surface area contributed by atoms with E-state index in [0.29, 0.717) is 50.6 Å². The monoisotopic (exact) mass is 537 g/mol. The van der Waals surface area contributed by atoms with Crippen LogP contribution in [0, 0.1) is 0 Å². The summed E-state index contributed by atoms with van der Waals surface area (Å²) in [6.45, 7) is 7.55. The lowest BCUT2D eigenvalue weighted by molar-refractivity contribution is -0.114. The summed E-state index contributed by atoms with van der Waals surface area (Å²) in [7, 11) is -3.62. The van der Waals surface area contributed by atoms with Gasteiger partial charge in [0.05, 0.1) is 21.7 Å². The summed E-state index contributed by atoms with van der Waals surface area (Å²) < 4.78 is 29.8. The van der Waals surface area contributed by atoms with Crippen molar-refractivity contribution in [1.82, 2.24) is 18.8 Å². The van der Waals surface area contributed by atoms with Crippen LogP contribution in [-0.2, 0) is 14.8 Å². The van der Waals surface area contributed by atoms with Gasteiger partial charge in [-0.15, -0.1) is 0 Å². The molecular formula is C28H35N5O4S. The zero-order valence-corrected chi connectivity index (χ0v) is 23.0. The van der Waals surface area contributed by atoms with Crippen LogP contribution >= 0.6 is 0 Å². The molecule has 0 bridgehead atoms. The largest absolute Gasteiger partial charge is 0.339 e. The highest BCUT2D eigenvalue weighted by Crippen LogP contribution is 2.42. The second-order valence-corrected chi connectivity index (χ2v) is 12.1. The lowest BCUT2D eigenvalue weighted by Crippen LogP contribution is -2.37. The van der Waals surface area contributed by atoms with E-state index < -0.39 is 10.0 Å². The summed E-state index contributed by atoms with van der Waals surface area (Å²) in [6, 6.07) is 10.4. The first-order valence-electron chi connectivity index (χ1n) is 13.4. The van der Waals surface area contributed by atoms with Crippen LogP contribution in [0.5, 0.6) is 0 Å². The minimum atomic E-state index is -3.62. The zero-order chi connectivity index (χ0) is 27.0. The number of nitrogens with one attached hydrogen (secondary N) is 1. The van der Waals surface area contributed by atoms with Crippen LogP contribution in [0.15, 0.2) is 47.5 Å². The van der Waals surface area contributed by atoms with Crippen molar-refractivity contribution in [1.29, 1.82) is 0 Å². The van der Waals surface area contributed by atoms with Crippen LogP contribution in [0.2, 0.25) is 0 Å². The smallest absolute Gasteiger partial charge is 0.257 e. The first-order valence-corrected chi connectivity index (χ1v) is 14.9. The molecule has 9 nitrogen and oxygen atoms in total. The molecule has 0 unspecified atom stereocenters. The van der Waals surface area contributed by atoms with Crippen LogP contribution < -0.4 is 5.32 Å². The molecule has 1 aliphatic heterocycles. The number of sulfonamides is 1. The molecule has 38 heavy (non-hydrogen) atoms. The van der Waals surface area contributed by atoms with Crippen LogP contribution in [-0.4, -0.2) is 65.2 Å². The van der Waals surface area contributed by atoms with E-state index in [4.69, 9.17) is 5.10 Å². The summed E-state index contributed by atoms with van der Waals surface area (Å²) in [5.41, 5.74) is 4.15. The Morgan fingerprint density at radius 1 is 1.00 bits per heavy atom. The van der Waals surface area contributed by atoms with E-state index in [1.807, 2.05) is 29.5 Å². The summed E-state index contributed by atoms with van der Waals surface area (Å²) in [5.74, 6) is 0.387. The van der Waals surface area contributed by atoms with Gasteiger partial charge in [-0.1, -0.05) is 0 Å². The number of fused-ring (bicyclic) bond motifs is 1. The molecular weight excluding hydrogens is 502 g/mol.